The maximum atomic E-state index is 12.4. The minimum atomic E-state index is -0.972. The summed E-state index contributed by atoms with van der Waals surface area (Å²) in [6.45, 7) is 7.65. The number of carbonyl (C=O) groups excluding carboxylic acids is 2. The summed E-state index contributed by atoms with van der Waals surface area (Å²) in [6, 6.07) is 14.8. The van der Waals surface area contributed by atoms with Crippen molar-refractivity contribution in [2.24, 2.45) is 14.1 Å². The molecule has 1 amide bonds. The Bertz CT molecular complexity index is 1590. The second-order valence-electron chi connectivity index (χ2n) is 10.9. The molecule has 0 saturated heterocycles. The predicted molar refractivity (Wildman–Crippen MR) is 196 cm³/mol. The van der Waals surface area contributed by atoms with E-state index in [1.165, 1.54) is 0 Å². The summed E-state index contributed by atoms with van der Waals surface area (Å²) in [4.78, 5) is 23.0. The molecule has 4 rings (SSSR count). The highest BCUT2D eigenvalue weighted by molar-refractivity contribution is 14.1. The van der Waals surface area contributed by atoms with Crippen LogP contribution >= 0.6 is 56.8 Å². The van der Waals surface area contributed by atoms with Crippen molar-refractivity contribution in [1.29, 1.82) is 0 Å². The molecule has 252 valence electrons. The molecule has 14 heteroatoms. The van der Waals surface area contributed by atoms with Gasteiger partial charge < -0.3 is 33.7 Å². The number of nitrogens with two attached hydrogens (primary N) is 1. The lowest BCUT2D eigenvalue weighted by molar-refractivity contribution is -0.0000438. The third-order valence-corrected chi connectivity index (χ3v) is 8.59. The van der Waals surface area contributed by atoms with Gasteiger partial charge in [-0.15, -0.1) is 0 Å². The molecule has 0 saturated carbocycles. The Morgan fingerprint density at radius 1 is 0.848 bits per heavy atom. The topological polar surface area (TPSA) is 148 Å². The van der Waals surface area contributed by atoms with Crippen molar-refractivity contribution in [3.8, 4) is 0 Å². The molecule has 0 radical (unpaired) electrons. The third-order valence-electron chi connectivity index (χ3n) is 6.79. The van der Waals surface area contributed by atoms with E-state index in [2.05, 4.69) is 15.5 Å². The third kappa shape index (κ3) is 12.1. The van der Waals surface area contributed by atoms with Crippen LogP contribution in [0.2, 0.25) is 0 Å². The molecule has 46 heavy (non-hydrogen) atoms. The first-order valence-electron chi connectivity index (χ1n) is 14.3. The normalized spacial score (nSPS) is 13.0. The van der Waals surface area contributed by atoms with Crippen molar-refractivity contribution >= 4 is 79.3 Å². The smallest absolute Gasteiger partial charge is 0.259 e. The van der Waals surface area contributed by atoms with Gasteiger partial charge in [0.2, 0.25) is 0 Å². The molecule has 2 heterocycles. The fraction of sp³-hybridized carbons (Fsp3) is 0.375. The van der Waals surface area contributed by atoms with Crippen LogP contribution in [-0.2, 0) is 25.3 Å². The average molecular weight is 898 g/mol. The quantitative estimate of drug-likeness (QED) is 0.113. The lowest BCUT2D eigenvalue weighted by Gasteiger charge is -2.26. The van der Waals surface area contributed by atoms with E-state index in [4.69, 9.17) is 17.3 Å². The minimum absolute atomic E-state index is 0. The summed E-state index contributed by atoms with van der Waals surface area (Å²) in [6.07, 6.45) is 6.45. The van der Waals surface area contributed by atoms with Gasteiger partial charge in [-0.1, -0.05) is 63.1 Å². The standard InChI is InChI=1S/C16H20IN3O2.C11H17NO.C5H4ClIN2O.ClH/c1-4-9-16(2,22)12-7-5-6-8-13(12)18-15(21)11-10-20(3)19-14(11)17;1-3-8-11(2,13)9-6-4-5-7-10(9)12;1-9-2-3(4(6)10)5(7)8-9;/h5-8,10,22H,4,9H2,1-3H3,(H,18,21);4-7,13H,3,8,12H2,1-2H3;2H,1H3;1H/p-1. The lowest BCUT2D eigenvalue weighted by atomic mass is 9.90. The van der Waals surface area contributed by atoms with Gasteiger partial charge in [0.1, 0.15) is 7.40 Å². The molecule has 2 atom stereocenters. The van der Waals surface area contributed by atoms with E-state index >= 15 is 0 Å². The maximum absolute atomic E-state index is 12.4. The Kier molecular flexibility index (Phi) is 17.2. The molecule has 0 aliphatic heterocycles. The fourth-order valence-electron chi connectivity index (χ4n) is 4.69. The number of aryl methyl sites for hydroxylation is 2. The zero-order valence-electron chi connectivity index (χ0n) is 26.7. The highest BCUT2D eigenvalue weighted by atomic mass is 127. The maximum Gasteiger partial charge on any atom is 0.259 e. The van der Waals surface area contributed by atoms with E-state index in [-0.39, 0.29) is 18.3 Å². The number of amides is 1. The number of halogens is 4. The summed E-state index contributed by atoms with van der Waals surface area (Å²) in [5.74, 6) is -0.225. The average Bonchev–Trinajstić information content (AvgIpc) is 3.48. The van der Waals surface area contributed by atoms with Gasteiger partial charge in [-0.3, -0.25) is 19.0 Å². The van der Waals surface area contributed by atoms with Gasteiger partial charge in [-0.25, -0.2) is 0 Å². The van der Waals surface area contributed by atoms with Crippen LogP contribution in [0.3, 0.4) is 0 Å². The van der Waals surface area contributed by atoms with Crippen molar-refractivity contribution in [2.75, 3.05) is 11.1 Å². The molecule has 0 spiro atoms. The van der Waals surface area contributed by atoms with Crippen LogP contribution < -0.4 is 23.5 Å². The largest absolute Gasteiger partial charge is 1.00 e. The van der Waals surface area contributed by atoms with E-state index in [1.54, 1.807) is 48.8 Å². The number of aliphatic hydroxyl groups is 2. The molecule has 2 unspecified atom stereocenters. The SMILES string of the molecule is CCCC(C)(O)c1ccccc1N.CCCC(C)(O)c1ccccc1NC(=O)c1cn(C)nc1I.Cn1cc(C(=O)Cl)c(I)n1.[Cl-]. The van der Waals surface area contributed by atoms with Crippen LogP contribution in [0.4, 0.5) is 11.4 Å². The van der Waals surface area contributed by atoms with Gasteiger partial charge in [-0.2, -0.15) is 10.2 Å². The summed E-state index contributed by atoms with van der Waals surface area (Å²) >= 11 is 9.22. The van der Waals surface area contributed by atoms with Crippen LogP contribution in [0.1, 0.15) is 85.2 Å². The van der Waals surface area contributed by atoms with E-state index in [1.807, 2.05) is 108 Å². The lowest BCUT2D eigenvalue weighted by Crippen LogP contribution is -3.00. The van der Waals surface area contributed by atoms with Gasteiger partial charge in [-0.05, 0) is 95.6 Å². The number of benzene rings is 2. The molecule has 0 aliphatic rings. The Hall–Kier alpha value is -2.24. The second kappa shape index (κ2) is 18.9. The van der Waals surface area contributed by atoms with Crippen LogP contribution in [0.15, 0.2) is 60.9 Å². The first kappa shape index (κ1) is 41.8. The van der Waals surface area contributed by atoms with E-state index < -0.39 is 16.4 Å². The number of para-hydroxylation sites is 2. The van der Waals surface area contributed by atoms with E-state index in [9.17, 15) is 19.8 Å². The molecule has 0 fully saturated rings. The van der Waals surface area contributed by atoms with Crippen molar-refractivity contribution in [1.82, 2.24) is 19.6 Å². The Balaban J connectivity index is 0.000000375. The molecule has 2 aromatic heterocycles. The highest BCUT2D eigenvalue weighted by Gasteiger charge is 2.26. The minimum Gasteiger partial charge on any atom is -1.00 e. The van der Waals surface area contributed by atoms with Gasteiger partial charge >= 0.3 is 0 Å². The molecule has 4 aromatic rings. The van der Waals surface area contributed by atoms with E-state index in [0.717, 1.165) is 30.4 Å². The first-order chi connectivity index (χ1) is 21.0. The number of nitrogen functional groups attached to an aromatic ring is 1. The van der Waals surface area contributed by atoms with Crippen molar-refractivity contribution in [2.45, 2.75) is 64.6 Å². The number of nitrogens with zero attached hydrogens (tertiary/aromatic N) is 4. The van der Waals surface area contributed by atoms with Gasteiger partial charge in [0.25, 0.3) is 11.1 Å². The van der Waals surface area contributed by atoms with Crippen LogP contribution in [0.25, 0.3) is 0 Å². The van der Waals surface area contributed by atoms with E-state index in [0.29, 0.717) is 36.3 Å². The molecule has 0 bridgehead atoms. The molecular weight excluding hydrogens is 857 g/mol. The number of hydrogen-bond acceptors (Lipinski definition) is 7. The monoisotopic (exact) mass is 897 g/mol. The fourth-order valence-corrected chi connectivity index (χ4v) is 6.44. The number of carbonyl (C=O) groups is 2. The summed E-state index contributed by atoms with van der Waals surface area (Å²) < 4.78 is 4.45. The summed E-state index contributed by atoms with van der Waals surface area (Å²) in [5, 5.41) is 31.3. The number of aromatic nitrogens is 4. The molecular formula is C32H41Cl2I2N6O4-. The van der Waals surface area contributed by atoms with Crippen molar-refractivity contribution in [3.63, 3.8) is 0 Å². The summed E-state index contributed by atoms with van der Waals surface area (Å²) in [5.41, 5.74) is 7.85. The van der Waals surface area contributed by atoms with Gasteiger partial charge in [0.15, 0.2) is 0 Å². The van der Waals surface area contributed by atoms with Crippen molar-refractivity contribution in [3.05, 3.63) is 90.6 Å². The number of rotatable bonds is 9. The predicted octanol–water partition coefficient (Wildman–Crippen LogP) is 3.97. The van der Waals surface area contributed by atoms with Crippen LogP contribution in [0, 0.1) is 7.40 Å². The summed E-state index contributed by atoms with van der Waals surface area (Å²) in [7, 11) is 3.52. The number of nitrogens with one attached hydrogen (secondary N) is 1. The first-order valence-corrected chi connectivity index (χ1v) is 16.9. The van der Waals surface area contributed by atoms with Gasteiger partial charge in [0, 0.05) is 49.0 Å². The van der Waals surface area contributed by atoms with Crippen molar-refractivity contribution < 1.29 is 32.2 Å². The zero-order chi connectivity index (χ0) is 33.9. The Morgan fingerprint density at radius 3 is 1.70 bits per heavy atom. The molecule has 10 nitrogen and oxygen atoms in total. The highest BCUT2D eigenvalue weighted by Crippen LogP contribution is 2.32. The van der Waals surface area contributed by atoms with Gasteiger partial charge in [0.05, 0.1) is 22.3 Å². The Morgan fingerprint density at radius 2 is 1.28 bits per heavy atom. The zero-order valence-corrected chi connectivity index (χ0v) is 32.5. The molecule has 2 aromatic carbocycles. The molecule has 5 N–H and O–H groups in total. The number of anilines is 2. The Labute approximate surface area is 309 Å². The number of hydrogen-bond donors (Lipinski definition) is 4. The second-order valence-corrected chi connectivity index (χ2v) is 13.3. The van der Waals surface area contributed by atoms with Crippen LogP contribution in [0.5, 0.6) is 0 Å². The van der Waals surface area contributed by atoms with Crippen LogP contribution in [-0.4, -0.2) is 40.9 Å². The molecule has 0 aliphatic carbocycles.